The van der Waals surface area contributed by atoms with Crippen molar-refractivity contribution in [2.45, 2.75) is 0 Å². The molecule has 2 N–H and O–H groups in total. The zero-order valence-electron chi connectivity index (χ0n) is 13.6. The molecule has 2 heterocycles. The van der Waals surface area contributed by atoms with Crippen molar-refractivity contribution in [1.29, 1.82) is 0 Å². The van der Waals surface area contributed by atoms with Gasteiger partial charge in [0.25, 0.3) is 11.6 Å². The molecule has 0 saturated carbocycles. The van der Waals surface area contributed by atoms with E-state index in [1.165, 1.54) is 47.7 Å². The van der Waals surface area contributed by atoms with E-state index in [0.29, 0.717) is 5.39 Å². The van der Waals surface area contributed by atoms with E-state index in [-0.39, 0.29) is 28.3 Å². The lowest BCUT2D eigenvalue weighted by Crippen LogP contribution is -2.12. The molecule has 2 aromatic heterocycles. The predicted molar refractivity (Wildman–Crippen MR) is 94.2 cm³/mol. The number of aromatic amines is 1. The monoisotopic (exact) mass is 366 g/mol. The lowest BCUT2D eigenvalue weighted by molar-refractivity contribution is -0.383. The van der Waals surface area contributed by atoms with Crippen LogP contribution in [0.25, 0.3) is 16.6 Å². The zero-order valence-corrected chi connectivity index (χ0v) is 13.6. The van der Waals surface area contributed by atoms with Gasteiger partial charge in [-0.1, -0.05) is 12.1 Å². The number of carbonyl (C=O) groups is 1. The second-order valence-corrected chi connectivity index (χ2v) is 5.64. The minimum Gasteiger partial charge on any atom is -0.345 e. The van der Waals surface area contributed by atoms with Gasteiger partial charge in [0.15, 0.2) is 5.82 Å². The Hall–Kier alpha value is -4.08. The smallest absolute Gasteiger partial charge is 0.293 e. The van der Waals surface area contributed by atoms with Crippen LogP contribution < -0.4 is 5.32 Å². The minimum atomic E-state index is -0.592. The molecule has 4 rings (SSSR count). The van der Waals surface area contributed by atoms with Crippen molar-refractivity contribution in [2.75, 3.05) is 5.32 Å². The summed E-state index contributed by atoms with van der Waals surface area (Å²) in [5.41, 5.74) is 0.663. The molecule has 0 saturated heterocycles. The number of nitrogens with one attached hydrogen (secondary N) is 2. The van der Waals surface area contributed by atoms with Crippen LogP contribution in [0.5, 0.6) is 0 Å². The fourth-order valence-electron chi connectivity index (χ4n) is 2.72. The molecule has 1 amide bonds. The number of nitrogens with zero attached hydrogens (tertiary/aromatic N) is 4. The minimum absolute atomic E-state index is 0.125. The number of hydrogen-bond acceptors (Lipinski definition) is 5. The van der Waals surface area contributed by atoms with Gasteiger partial charge in [0.1, 0.15) is 29.6 Å². The molecule has 0 aliphatic rings. The number of aromatic nitrogens is 4. The maximum absolute atomic E-state index is 14.3. The summed E-state index contributed by atoms with van der Waals surface area (Å²) in [5.74, 6) is -1.14. The highest BCUT2D eigenvalue weighted by Gasteiger charge is 2.17. The average Bonchev–Trinajstić information content (AvgIpc) is 3.31. The highest BCUT2D eigenvalue weighted by molar-refractivity contribution is 6.06. The number of benzene rings is 2. The van der Waals surface area contributed by atoms with E-state index in [9.17, 15) is 19.3 Å². The van der Waals surface area contributed by atoms with Crippen LogP contribution >= 0.6 is 0 Å². The third-order valence-electron chi connectivity index (χ3n) is 3.95. The van der Waals surface area contributed by atoms with Crippen molar-refractivity contribution >= 4 is 28.2 Å². The molecule has 0 fully saturated rings. The van der Waals surface area contributed by atoms with Crippen LogP contribution in [0, 0.1) is 15.9 Å². The highest BCUT2D eigenvalue weighted by Crippen LogP contribution is 2.26. The van der Waals surface area contributed by atoms with Crippen LogP contribution in [0.15, 0.2) is 55.1 Å². The summed E-state index contributed by atoms with van der Waals surface area (Å²) in [6.07, 6.45) is 2.64. The summed E-state index contributed by atoms with van der Waals surface area (Å²) in [4.78, 5) is 29.5. The van der Waals surface area contributed by atoms with Crippen molar-refractivity contribution in [3.05, 3.63) is 76.7 Å². The van der Waals surface area contributed by atoms with Crippen molar-refractivity contribution in [3.8, 4) is 5.69 Å². The molecule has 2 aromatic carbocycles. The summed E-state index contributed by atoms with van der Waals surface area (Å²) in [6.45, 7) is 0. The SMILES string of the molecule is O=C(Nc1ccc(-n2cncn2)c(F)c1)c1cc2cccc([N+](=O)[O-])c2[nH]1. The largest absolute Gasteiger partial charge is 0.345 e. The van der Waals surface area contributed by atoms with Gasteiger partial charge in [-0.2, -0.15) is 5.10 Å². The van der Waals surface area contributed by atoms with Crippen LogP contribution in [0.1, 0.15) is 10.5 Å². The first-order valence-corrected chi connectivity index (χ1v) is 7.75. The molecule has 0 aliphatic heterocycles. The van der Waals surface area contributed by atoms with Gasteiger partial charge in [-0.05, 0) is 24.3 Å². The number of nitro groups is 1. The second kappa shape index (κ2) is 6.33. The number of amides is 1. The molecule has 4 aromatic rings. The third-order valence-corrected chi connectivity index (χ3v) is 3.95. The van der Waals surface area contributed by atoms with Gasteiger partial charge in [-0.3, -0.25) is 14.9 Å². The first kappa shape index (κ1) is 16.4. The summed E-state index contributed by atoms with van der Waals surface area (Å²) in [7, 11) is 0. The summed E-state index contributed by atoms with van der Waals surface area (Å²) in [6, 6.07) is 10.2. The van der Waals surface area contributed by atoms with Gasteiger partial charge in [0.05, 0.1) is 4.92 Å². The molecule has 9 nitrogen and oxygen atoms in total. The first-order valence-electron chi connectivity index (χ1n) is 7.75. The molecule has 0 unspecified atom stereocenters. The molecule has 134 valence electrons. The number of hydrogen-bond donors (Lipinski definition) is 2. The maximum atomic E-state index is 14.3. The van der Waals surface area contributed by atoms with Crippen LogP contribution in [0.2, 0.25) is 0 Å². The third kappa shape index (κ3) is 2.99. The number of anilines is 1. The number of non-ortho nitro benzene ring substituents is 1. The number of para-hydroxylation sites is 1. The van der Waals surface area contributed by atoms with Gasteiger partial charge in [-0.25, -0.2) is 14.1 Å². The van der Waals surface area contributed by atoms with Gasteiger partial charge in [0, 0.05) is 17.1 Å². The average molecular weight is 366 g/mol. The fourth-order valence-corrected chi connectivity index (χ4v) is 2.72. The van der Waals surface area contributed by atoms with E-state index >= 15 is 0 Å². The van der Waals surface area contributed by atoms with Crippen LogP contribution in [0.3, 0.4) is 0 Å². The van der Waals surface area contributed by atoms with Gasteiger partial charge >= 0.3 is 0 Å². The summed E-state index contributed by atoms with van der Waals surface area (Å²) >= 11 is 0. The Labute approximate surface area is 150 Å². The molecular formula is C17H11FN6O3. The number of rotatable bonds is 4. The molecule has 0 atom stereocenters. The lowest BCUT2D eigenvalue weighted by atomic mass is 10.2. The predicted octanol–water partition coefficient (Wildman–Crippen LogP) is 3.05. The normalized spacial score (nSPS) is 10.9. The molecular weight excluding hydrogens is 355 g/mol. The molecule has 27 heavy (non-hydrogen) atoms. The number of halogens is 1. The van der Waals surface area contributed by atoms with Gasteiger partial charge in [0.2, 0.25) is 0 Å². The van der Waals surface area contributed by atoms with E-state index in [4.69, 9.17) is 0 Å². The van der Waals surface area contributed by atoms with Crippen molar-refractivity contribution < 1.29 is 14.1 Å². The summed E-state index contributed by atoms with van der Waals surface area (Å²) < 4.78 is 15.5. The first-order chi connectivity index (χ1) is 13.0. The number of H-pyrrole nitrogens is 1. The number of nitro benzene ring substituents is 1. The quantitative estimate of drug-likeness (QED) is 0.425. The van der Waals surface area contributed by atoms with E-state index in [2.05, 4.69) is 20.4 Å². The van der Waals surface area contributed by atoms with Crippen LogP contribution in [-0.4, -0.2) is 30.6 Å². The fraction of sp³-hybridized carbons (Fsp3) is 0. The van der Waals surface area contributed by atoms with Crippen molar-refractivity contribution in [2.24, 2.45) is 0 Å². The number of carbonyl (C=O) groups excluding carboxylic acids is 1. The molecule has 0 bridgehead atoms. The zero-order chi connectivity index (χ0) is 19.0. The van der Waals surface area contributed by atoms with E-state index in [0.717, 1.165) is 6.07 Å². The molecule has 0 spiro atoms. The van der Waals surface area contributed by atoms with Crippen molar-refractivity contribution in [1.82, 2.24) is 19.7 Å². The topological polar surface area (TPSA) is 119 Å². The lowest BCUT2D eigenvalue weighted by Gasteiger charge is -2.07. The van der Waals surface area contributed by atoms with Crippen LogP contribution in [-0.2, 0) is 0 Å². The molecule has 10 heteroatoms. The highest BCUT2D eigenvalue weighted by atomic mass is 19.1. The Balaban J connectivity index is 1.61. The number of fused-ring (bicyclic) bond motifs is 1. The standard InChI is InChI=1S/C17H11FN6O3/c18-12-7-11(4-5-14(12)23-9-19-8-20-23)21-17(25)13-6-10-2-1-3-15(24(26)27)16(10)22-13/h1-9,22H,(H,21,25). The molecule has 0 aliphatic carbocycles. The van der Waals surface area contributed by atoms with E-state index < -0.39 is 16.6 Å². The van der Waals surface area contributed by atoms with E-state index in [1.807, 2.05) is 0 Å². The Kier molecular flexibility index (Phi) is 3.84. The Morgan fingerprint density at radius 2 is 2.11 bits per heavy atom. The van der Waals surface area contributed by atoms with E-state index in [1.54, 1.807) is 6.07 Å². The second-order valence-electron chi connectivity index (χ2n) is 5.64. The van der Waals surface area contributed by atoms with Gasteiger partial charge < -0.3 is 10.3 Å². The van der Waals surface area contributed by atoms with Gasteiger partial charge in [-0.15, -0.1) is 0 Å². The molecule has 0 radical (unpaired) electrons. The Morgan fingerprint density at radius 1 is 1.26 bits per heavy atom. The van der Waals surface area contributed by atoms with Crippen molar-refractivity contribution in [3.63, 3.8) is 0 Å². The maximum Gasteiger partial charge on any atom is 0.293 e. The Morgan fingerprint density at radius 3 is 2.81 bits per heavy atom. The summed E-state index contributed by atoms with van der Waals surface area (Å²) in [5, 5.41) is 18.0. The van der Waals surface area contributed by atoms with Crippen LogP contribution in [0.4, 0.5) is 15.8 Å². The Bertz CT molecular complexity index is 1170.